The summed E-state index contributed by atoms with van der Waals surface area (Å²) < 4.78 is 6.29. The zero-order valence-electron chi connectivity index (χ0n) is 13.1. The molecule has 1 saturated carbocycles. The average Bonchev–Trinajstić information content (AvgIpc) is 3.20. The molecular formula is C18H26N2O. The van der Waals surface area contributed by atoms with Crippen molar-refractivity contribution in [2.75, 3.05) is 6.54 Å². The second kappa shape index (κ2) is 4.72. The van der Waals surface area contributed by atoms with Crippen molar-refractivity contribution in [2.45, 2.75) is 69.7 Å². The van der Waals surface area contributed by atoms with Crippen molar-refractivity contribution in [3.05, 3.63) is 29.3 Å². The smallest absolute Gasteiger partial charge is 0.128 e. The van der Waals surface area contributed by atoms with E-state index in [4.69, 9.17) is 10.5 Å². The van der Waals surface area contributed by atoms with Crippen LogP contribution in [0.5, 0.6) is 5.75 Å². The molecule has 4 rings (SSSR count). The molecule has 2 heterocycles. The first-order chi connectivity index (χ1) is 10.1. The van der Waals surface area contributed by atoms with Crippen molar-refractivity contribution in [1.82, 2.24) is 4.90 Å². The lowest BCUT2D eigenvalue weighted by Crippen LogP contribution is -2.47. The molecule has 3 heteroatoms. The molecule has 3 nitrogen and oxygen atoms in total. The van der Waals surface area contributed by atoms with Gasteiger partial charge in [0.1, 0.15) is 11.4 Å². The molecule has 1 aromatic rings. The Morgan fingerprint density at radius 2 is 2.05 bits per heavy atom. The number of fused-ring (bicyclic) bond motifs is 1. The number of rotatable bonds is 2. The van der Waals surface area contributed by atoms with Crippen LogP contribution >= 0.6 is 0 Å². The Morgan fingerprint density at radius 1 is 1.24 bits per heavy atom. The third kappa shape index (κ3) is 2.36. The number of hydrogen-bond acceptors (Lipinski definition) is 3. The maximum absolute atomic E-state index is 6.53. The average molecular weight is 286 g/mol. The lowest BCUT2D eigenvalue weighted by molar-refractivity contribution is 0.106. The van der Waals surface area contributed by atoms with E-state index in [9.17, 15) is 0 Å². The number of nitrogens with zero attached hydrogens (tertiary/aromatic N) is 1. The Hall–Kier alpha value is -1.06. The van der Waals surface area contributed by atoms with Crippen LogP contribution < -0.4 is 10.5 Å². The second-order valence-electron chi connectivity index (χ2n) is 7.59. The molecular weight excluding hydrogens is 260 g/mol. The molecule has 0 amide bonds. The van der Waals surface area contributed by atoms with Crippen LogP contribution in [0.4, 0.5) is 0 Å². The van der Waals surface area contributed by atoms with Crippen molar-refractivity contribution < 1.29 is 4.74 Å². The first-order valence-electron chi connectivity index (χ1n) is 8.37. The number of likely N-dealkylation sites (tertiary alicyclic amines) is 1. The highest BCUT2D eigenvalue weighted by molar-refractivity contribution is 5.48. The molecule has 0 radical (unpaired) electrons. The standard InChI is InChI=1S/C18H26N2O/c1-18(2)11-12-5-3-6-14(17(12)21-18)16-15(19)7-4-10-20(16)13-8-9-13/h3,5-6,13,15-16H,4,7-11,19H2,1-2H3. The number of ether oxygens (including phenoxy) is 1. The van der Waals surface area contributed by atoms with Gasteiger partial charge in [0.2, 0.25) is 0 Å². The van der Waals surface area contributed by atoms with E-state index < -0.39 is 0 Å². The second-order valence-corrected chi connectivity index (χ2v) is 7.59. The van der Waals surface area contributed by atoms with Crippen LogP contribution in [-0.2, 0) is 6.42 Å². The van der Waals surface area contributed by atoms with Gasteiger partial charge in [0.15, 0.2) is 0 Å². The minimum absolute atomic E-state index is 0.0817. The van der Waals surface area contributed by atoms with Crippen LogP contribution in [0.25, 0.3) is 0 Å². The van der Waals surface area contributed by atoms with Crippen LogP contribution in [0.3, 0.4) is 0 Å². The predicted octanol–water partition coefficient (Wildman–Crippen LogP) is 3.03. The highest BCUT2D eigenvalue weighted by atomic mass is 16.5. The Balaban J connectivity index is 1.74. The molecule has 114 valence electrons. The molecule has 0 spiro atoms. The van der Waals surface area contributed by atoms with E-state index in [2.05, 4.69) is 36.9 Å². The zero-order valence-corrected chi connectivity index (χ0v) is 13.1. The topological polar surface area (TPSA) is 38.5 Å². The van der Waals surface area contributed by atoms with Crippen molar-refractivity contribution in [2.24, 2.45) is 5.73 Å². The lowest BCUT2D eigenvalue weighted by atomic mass is 9.89. The molecule has 3 aliphatic rings. The summed E-state index contributed by atoms with van der Waals surface area (Å²) in [6, 6.07) is 7.97. The zero-order chi connectivity index (χ0) is 14.6. The number of hydrogen-bond donors (Lipinski definition) is 1. The third-order valence-electron chi connectivity index (χ3n) is 5.17. The quantitative estimate of drug-likeness (QED) is 0.908. The summed E-state index contributed by atoms with van der Waals surface area (Å²) in [5, 5.41) is 0. The number of piperidine rings is 1. The monoisotopic (exact) mass is 286 g/mol. The largest absolute Gasteiger partial charge is 0.487 e. The van der Waals surface area contributed by atoms with Gasteiger partial charge in [-0.15, -0.1) is 0 Å². The van der Waals surface area contributed by atoms with Crippen LogP contribution in [0, 0.1) is 0 Å². The lowest BCUT2D eigenvalue weighted by Gasteiger charge is -2.41. The molecule has 2 atom stereocenters. The minimum atomic E-state index is -0.0817. The van der Waals surface area contributed by atoms with Gasteiger partial charge in [-0.1, -0.05) is 18.2 Å². The Morgan fingerprint density at radius 3 is 2.81 bits per heavy atom. The highest BCUT2D eigenvalue weighted by Gasteiger charge is 2.42. The molecule has 2 fully saturated rings. The Labute approximate surface area is 127 Å². The van der Waals surface area contributed by atoms with E-state index in [-0.39, 0.29) is 11.6 Å². The Kier molecular flexibility index (Phi) is 3.05. The van der Waals surface area contributed by atoms with Gasteiger partial charge in [0, 0.05) is 24.1 Å². The van der Waals surface area contributed by atoms with E-state index in [1.54, 1.807) is 0 Å². The summed E-state index contributed by atoms with van der Waals surface area (Å²) in [6.07, 6.45) is 6.03. The van der Waals surface area contributed by atoms with Gasteiger partial charge in [-0.3, -0.25) is 4.90 Å². The van der Waals surface area contributed by atoms with Crippen molar-refractivity contribution in [3.63, 3.8) is 0 Å². The molecule has 21 heavy (non-hydrogen) atoms. The van der Waals surface area contributed by atoms with Gasteiger partial charge in [0.05, 0.1) is 6.04 Å². The fourth-order valence-corrected chi connectivity index (χ4v) is 4.15. The molecule has 1 saturated heterocycles. The van der Waals surface area contributed by atoms with Crippen molar-refractivity contribution in [3.8, 4) is 5.75 Å². The van der Waals surface area contributed by atoms with E-state index in [0.29, 0.717) is 6.04 Å². The van der Waals surface area contributed by atoms with Crippen LogP contribution in [0.2, 0.25) is 0 Å². The van der Waals surface area contributed by atoms with E-state index >= 15 is 0 Å². The summed E-state index contributed by atoms with van der Waals surface area (Å²) in [7, 11) is 0. The summed E-state index contributed by atoms with van der Waals surface area (Å²) >= 11 is 0. The van der Waals surface area contributed by atoms with Gasteiger partial charge in [-0.2, -0.15) is 0 Å². The maximum atomic E-state index is 6.53. The predicted molar refractivity (Wildman–Crippen MR) is 84.5 cm³/mol. The number of para-hydroxylation sites is 1. The van der Waals surface area contributed by atoms with Crippen LogP contribution in [0.1, 0.15) is 56.7 Å². The molecule has 0 aromatic heterocycles. The van der Waals surface area contributed by atoms with Gasteiger partial charge >= 0.3 is 0 Å². The van der Waals surface area contributed by atoms with Crippen molar-refractivity contribution >= 4 is 0 Å². The molecule has 0 bridgehead atoms. The molecule has 1 aromatic carbocycles. The number of benzene rings is 1. The summed E-state index contributed by atoms with van der Waals surface area (Å²) in [6.45, 7) is 5.54. The fraction of sp³-hybridized carbons (Fsp3) is 0.667. The highest BCUT2D eigenvalue weighted by Crippen LogP contribution is 2.46. The van der Waals surface area contributed by atoms with Gasteiger partial charge in [0.25, 0.3) is 0 Å². The number of nitrogens with two attached hydrogens (primary N) is 1. The van der Waals surface area contributed by atoms with Gasteiger partial charge in [-0.25, -0.2) is 0 Å². The van der Waals surface area contributed by atoms with Gasteiger partial charge < -0.3 is 10.5 Å². The molecule has 2 N–H and O–H groups in total. The Bertz CT molecular complexity index is 550. The van der Waals surface area contributed by atoms with Crippen molar-refractivity contribution in [1.29, 1.82) is 0 Å². The molecule has 1 aliphatic carbocycles. The first-order valence-corrected chi connectivity index (χ1v) is 8.37. The maximum Gasteiger partial charge on any atom is 0.128 e. The van der Waals surface area contributed by atoms with E-state index in [1.807, 2.05) is 0 Å². The SMILES string of the molecule is CC1(C)Cc2cccc(C3C(N)CCCN3C3CC3)c2O1. The summed E-state index contributed by atoms with van der Waals surface area (Å²) in [4.78, 5) is 2.65. The van der Waals surface area contributed by atoms with Crippen LogP contribution in [0.15, 0.2) is 18.2 Å². The minimum Gasteiger partial charge on any atom is -0.487 e. The van der Waals surface area contributed by atoms with Crippen LogP contribution in [-0.4, -0.2) is 29.1 Å². The van der Waals surface area contributed by atoms with E-state index in [0.717, 1.165) is 24.6 Å². The van der Waals surface area contributed by atoms with E-state index in [1.165, 1.54) is 36.9 Å². The third-order valence-corrected chi connectivity index (χ3v) is 5.17. The summed E-state index contributed by atoms with van der Waals surface area (Å²) in [5.74, 6) is 1.12. The molecule has 2 aliphatic heterocycles. The summed E-state index contributed by atoms with van der Waals surface area (Å²) in [5.41, 5.74) is 9.13. The first kappa shape index (κ1) is 13.6. The normalized spacial score (nSPS) is 31.8. The van der Waals surface area contributed by atoms with Gasteiger partial charge in [-0.05, 0) is 51.6 Å². The molecule has 2 unspecified atom stereocenters. The fourth-order valence-electron chi connectivity index (χ4n) is 4.15.